The first-order chi connectivity index (χ1) is 9.25. The van der Waals surface area contributed by atoms with Crippen molar-refractivity contribution in [1.29, 1.82) is 0 Å². The molecule has 0 aromatic heterocycles. The van der Waals surface area contributed by atoms with Crippen molar-refractivity contribution in [3.8, 4) is 0 Å². The second-order valence-electron chi connectivity index (χ2n) is 5.00. The summed E-state index contributed by atoms with van der Waals surface area (Å²) in [5, 5.41) is 13.9. The fourth-order valence-electron chi connectivity index (χ4n) is 2.39. The van der Waals surface area contributed by atoms with Crippen molar-refractivity contribution >= 4 is 5.69 Å². The molecule has 0 bridgehead atoms. The van der Waals surface area contributed by atoms with Gasteiger partial charge in [-0.3, -0.25) is 10.1 Å². The largest absolute Gasteiger partial charge is 0.311 e. The molecule has 5 heteroatoms. The molecule has 0 unspecified atom stereocenters. The minimum absolute atomic E-state index is 0.150. The van der Waals surface area contributed by atoms with Gasteiger partial charge >= 0.3 is 0 Å². The number of piperidine rings is 1. The topological polar surface area (TPSA) is 58.4 Å². The zero-order valence-electron chi connectivity index (χ0n) is 11.2. The molecular formula is C14H21N3O2. The van der Waals surface area contributed by atoms with Crippen molar-refractivity contribution in [3.05, 3.63) is 39.9 Å². The van der Waals surface area contributed by atoms with Crippen LogP contribution in [0.5, 0.6) is 0 Å². The highest BCUT2D eigenvalue weighted by atomic mass is 16.6. The van der Waals surface area contributed by atoms with Crippen molar-refractivity contribution in [3.63, 3.8) is 0 Å². The van der Waals surface area contributed by atoms with E-state index in [1.165, 1.54) is 32.4 Å². The molecule has 19 heavy (non-hydrogen) atoms. The van der Waals surface area contributed by atoms with Crippen LogP contribution in [0, 0.1) is 10.1 Å². The van der Waals surface area contributed by atoms with Gasteiger partial charge in [0.2, 0.25) is 0 Å². The summed E-state index contributed by atoms with van der Waals surface area (Å²) in [7, 11) is 0. The second kappa shape index (κ2) is 7.21. The molecule has 1 heterocycles. The monoisotopic (exact) mass is 263 g/mol. The fraction of sp³-hybridized carbons (Fsp3) is 0.571. The Kier molecular flexibility index (Phi) is 5.30. The summed E-state index contributed by atoms with van der Waals surface area (Å²) in [6, 6.07) is 6.74. The maximum Gasteiger partial charge on any atom is 0.269 e. The Labute approximate surface area is 113 Å². The zero-order chi connectivity index (χ0) is 13.5. The van der Waals surface area contributed by atoms with Gasteiger partial charge < -0.3 is 10.2 Å². The van der Waals surface area contributed by atoms with Gasteiger partial charge in [0.1, 0.15) is 0 Å². The maximum atomic E-state index is 10.5. The van der Waals surface area contributed by atoms with Crippen LogP contribution in [0.4, 0.5) is 5.69 Å². The molecule has 0 saturated carbocycles. The van der Waals surface area contributed by atoms with Crippen LogP contribution in [0.2, 0.25) is 0 Å². The lowest BCUT2D eigenvalue weighted by Gasteiger charge is -2.26. The summed E-state index contributed by atoms with van der Waals surface area (Å²) in [4.78, 5) is 12.7. The lowest BCUT2D eigenvalue weighted by atomic mass is 10.1. The van der Waals surface area contributed by atoms with Crippen LogP contribution in [0.25, 0.3) is 0 Å². The summed E-state index contributed by atoms with van der Waals surface area (Å²) < 4.78 is 0. The Morgan fingerprint density at radius 3 is 2.47 bits per heavy atom. The van der Waals surface area contributed by atoms with E-state index in [1.807, 2.05) is 12.1 Å². The van der Waals surface area contributed by atoms with Gasteiger partial charge in [-0.2, -0.15) is 0 Å². The van der Waals surface area contributed by atoms with Crippen LogP contribution in [-0.4, -0.2) is 36.0 Å². The van der Waals surface area contributed by atoms with E-state index in [0.29, 0.717) is 0 Å². The molecule has 0 atom stereocenters. The molecule has 1 aromatic carbocycles. The van der Waals surface area contributed by atoms with E-state index in [9.17, 15) is 10.1 Å². The quantitative estimate of drug-likeness (QED) is 0.485. The van der Waals surface area contributed by atoms with Gasteiger partial charge in [0.05, 0.1) is 4.92 Å². The summed E-state index contributed by atoms with van der Waals surface area (Å²) in [5.41, 5.74) is 1.24. The van der Waals surface area contributed by atoms with E-state index in [-0.39, 0.29) is 10.6 Å². The van der Waals surface area contributed by atoms with Crippen molar-refractivity contribution in [2.75, 3.05) is 26.2 Å². The number of hydrogen-bond acceptors (Lipinski definition) is 4. The Balaban J connectivity index is 1.66. The highest BCUT2D eigenvalue weighted by molar-refractivity contribution is 5.32. The Hall–Kier alpha value is -1.46. The predicted molar refractivity (Wildman–Crippen MR) is 75.1 cm³/mol. The van der Waals surface area contributed by atoms with Crippen LogP contribution in [0.15, 0.2) is 24.3 Å². The molecule has 1 aliphatic heterocycles. The molecule has 104 valence electrons. The highest BCUT2D eigenvalue weighted by Gasteiger charge is 2.08. The van der Waals surface area contributed by atoms with Gasteiger partial charge in [-0.05, 0) is 31.5 Å². The number of likely N-dealkylation sites (tertiary alicyclic amines) is 1. The van der Waals surface area contributed by atoms with Crippen LogP contribution in [-0.2, 0) is 6.54 Å². The number of nitro benzene ring substituents is 1. The van der Waals surface area contributed by atoms with Crippen molar-refractivity contribution in [1.82, 2.24) is 10.2 Å². The van der Waals surface area contributed by atoms with Gasteiger partial charge in [0.25, 0.3) is 5.69 Å². The van der Waals surface area contributed by atoms with Gasteiger partial charge in [-0.15, -0.1) is 0 Å². The maximum absolute atomic E-state index is 10.5. The van der Waals surface area contributed by atoms with E-state index in [0.717, 1.165) is 25.2 Å². The first-order valence-corrected chi connectivity index (χ1v) is 6.92. The normalized spacial score (nSPS) is 16.4. The van der Waals surface area contributed by atoms with Crippen molar-refractivity contribution < 1.29 is 4.92 Å². The van der Waals surface area contributed by atoms with Crippen LogP contribution in [0.1, 0.15) is 24.8 Å². The lowest BCUT2D eigenvalue weighted by molar-refractivity contribution is -0.384. The van der Waals surface area contributed by atoms with Crippen LogP contribution >= 0.6 is 0 Å². The molecule has 2 rings (SSSR count). The molecule has 5 nitrogen and oxygen atoms in total. The molecule has 1 saturated heterocycles. The zero-order valence-corrected chi connectivity index (χ0v) is 11.2. The van der Waals surface area contributed by atoms with Gasteiger partial charge in [0.15, 0.2) is 0 Å². The Bertz CT molecular complexity index is 400. The summed E-state index contributed by atoms with van der Waals surface area (Å²) in [6.07, 6.45) is 4.01. The van der Waals surface area contributed by atoms with E-state index in [1.54, 1.807) is 12.1 Å². The van der Waals surface area contributed by atoms with Crippen LogP contribution in [0.3, 0.4) is 0 Å². The molecule has 1 aromatic rings. The SMILES string of the molecule is O=[N+]([O-])c1ccc(CNCCN2CCCCC2)cc1. The minimum atomic E-state index is -0.367. The number of nitro groups is 1. The van der Waals surface area contributed by atoms with E-state index in [4.69, 9.17) is 0 Å². The first-order valence-electron chi connectivity index (χ1n) is 6.92. The molecule has 0 spiro atoms. The average molecular weight is 263 g/mol. The smallest absolute Gasteiger partial charge is 0.269 e. The molecule has 1 N–H and O–H groups in total. The summed E-state index contributed by atoms with van der Waals surface area (Å²) in [6.45, 7) is 5.27. The third-order valence-electron chi connectivity index (χ3n) is 3.53. The summed E-state index contributed by atoms with van der Waals surface area (Å²) in [5.74, 6) is 0. The molecular weight excluding hydrogens is 242 g/mol. The average Bonchev–Trinajstić information content (AvgIpc) is 2.45. The Morgan fingerprint density at radius 1 is 1.16 bits per heavy atom. The standard InChI is InChI=1S/C14H21N3O2/c18-17(19)14-6-4-13(5-7-14)12-15-8-11-16-9-2-1-3-10-16/h4-7,15H,1-3,8-12H2. The third-order valence-corrected chi connectivity index (χ3v) is 3.53. The number of rotatable bonds is 6. The Morgan fingerprint density at radius 2 is 1.84 bits per heavy atom. The number of non-ortho nitro benzene ring substituents is 1. The van der Waals surface area contributed by atoms with Gasteiger partial charge in [-0.1, -0.05) is 18.6 Å². The predicted octanol–water partition coefficient (Wildman–Crippen LogP) is 2.17. The number of nitrogens with one attached hydrogen (secondary N) is 1. The first kappa shape index (κ1) is 14.0. The van der Waals surface area contributed by atoms with Crippen LogP contribution < -0.4 is 5.32 Å². The van der Waals surface area contributed by atoms with Crippen molar-refractivity contribution in [2.45, 2.75) is 25.8 Å². The number of nitrogens with zero attached hydrogens (tertiary/aromatic N) is 2. The summed E-state index contributed by atoms with van der Waals surface area (Å²) >= 11 is 0. The molecule has 0 radical (unpaired) electrons. The van der Waals surface area contributed by atoms with E-state index >= 15 is 0 Å². The minimum Gasteiger partial charge on any atom is -0.311 e. The van der Waals surface area contributed by atoms with Gasteiger partial charge in [-0.25, -0.2) is 0 Å². The second-order valence-corrected chi connectivity index (χ2v) is 5.00. The number of benzene rings is 1. The van der Waals surface area contributed by atoms with E-state index < -0.39 is 0 Å². The fourth-order valence-corrected chi connectivity index (χ4v) is 2.39. The third kappa shape index (κ3) is 4.61. The van der Waals surface area contributed by atoms with Gasteiger partial charge in [0, 0.05) is 31.8 Å². The molecule has 0 aliphatic carbocycles. The molecule has 1 fully saturated rings. The van der Waals surface area contributed by atoms with E-state index in [2.05, 4.69) is 10.2 Å². The molecule has 0 amide bonds. The lowest BCUT2D eigenvalue weighted by Crippen LogP contribution is -2.35. The van der Waals surface area contributed by atoms with Crippen molar-refractivity contribution in [2.24, 2.45) is 0 Å². The number of hydrogen-bond donors (Lipinski definition) is 1. The molecule has 1 aliphatic rings. The highest BCUT2D eigenvalue weighted by Crippen LogP contribution is 2.11.